The summed E-state index contributed by atoms with van der Waals surface area (Å²) in [6.07, 6.45) is 1.67. The molecule has 2 aromatic rings. The number of nitrogens with zero attached hydrogens (tertiary/aromatic N) is 4. The maximum absolute atomic E-state index is 11.0. The summed E-state index contributed by atoms with van der Waals surface area (Å²) in [4.78, 5) is 10.7. The molecule has 1 aromatic carbocycles. The van der Waals surface area contributed by atoms with Crippen LogP contribution in [0.15, 0.2) is 30.6 Å². The first kappa shape index (κ1) is 14.1. The van der Waals surface area contributed by atoms with Gasteiger partial charge < -0.3 is 9.88 Å². The van der Waals surface area contributed by atoms with Crippen LogP contribution in [0, 0.1) is 10.1 Å². The summed E-state index contributed by atoms with van der Waals surface area (Å²) in [7, 11) is 0. The molecule has 20 heavy (non-hydrogen) atoms. The van der Waals surface area contributed by atoms with Gasteiger partial charge in [-0.3, -0.25) is 10.1 Å². The molecule has 0 aliphatic heterocycles. The van der Waals surface area contributed by atoms with E-state index in [2.05, 4.69) is 15.5 Å². The summed E-state index contributed by atoms with van der Waals surface area (Å²) in [6.45, 7) is 5.22. The fourth-order valence-electron chi connectivity index (χ4n) is 2.05. The largest absolute Gasteiger partial charge is 0.317 e. The fourth-order valence-corrected chi connectivity index (χ4v) is 2.05. The number of nitrogens with one attached hydrogen (secondary N) is 1. The van der Waals surface area contributed by atoms with Crippen molar-refractivity contribution in [2.45, 2.75) is 33.0 Å². The predicted octanol–water partition coefficient (Wildman–Crippen LogP) is 2.06. The third-order valence-corrected chi connectivity index (χ3v) is 3.20. The summed E-state index contributed by atoms with van der Waals surface area (Å²) < 4.78 is 1.93. The van der Waals surface area contributed by atoms with Gasteiger partial charge in [0.2, 0.25) is 0 Å². The minimum atomic E-state index is -0.359. The number of nitro benzene ring substituents is 1. The van der Waals surface area contributed by atoms with Crippen molar-refractivity contribution < 1.29 is 4.92 Å². The van der Waals surface area contributed by atoms with Crippen molar-refractivity contribution in [2.75, 3.05) is 0 Å². The molecular formula is C13H17N5O2. The van der Waals surface area contributed by atoms with E-state index in [1.54, 1.807) is 24.5 Å². The lowest BCUT2D eigenvalue weighted by Gasteiger charge is -2.14. The average molecular weight is 275 g/mol. The first-order valence-corrected chi connectivity index (χ1v) is 6.46. The van der Waals surface area contributed by atoms with Crippen LogP contribution in [0.5, 0.6) is 0 Å². The first-order chi connectivity index (χ1) is 9.63. The molecule has 2 rings (SSSR count). The van der Waals surface area contributed by atoms with E-state index in [4.69, 9.17) is 0 Å². The van der Waals surface area contributed by atoms with E-state index in [1.165, 1.54) is 6.07 Å². The summed E-state index contributed by atoms with van der Waals surface area (Å²) >= 11 is 0. The Morgan fingerprint density at radius 1 is 1.45 bits per heavy atom. The molecule has 0 saturated carbocycles. The van der Waals surface area contributed by atoms with Gasteiger partial charge in [0.1, 0.15) is 12.2 Å². The van der Waals surface area contributed by atoms with Crippen LogP contribution >= 0.6 is 0 Å². The van der Waals surface area contributed by atoms with Crippen molar-refractivity contribution >= 4 is 5.69 Å². The predicted molar refractivity (Wildman–Crippen MR) is 74.0 cm³/mol. The van der Waals surface area contributed by atoms with E-state index in [0.29, 0.717) is 12.1 Å². The number of rotatable bonds is 6. The molecule has 1 heterocycles. The van der Waals surface area contributed by atoms with Gasteiger partial charge in [0.05, 0.1) is 11.5 Å². The molecule has 7 heteroatoms. The normalized spacial score (nSPS) is 12.3. The van der Waals surface area contributed by atoms with Crippen molar-refractivity contribution in [3.05, 3.63) is 52.1 Å². The standard InChI is InChI=1S/C13H17N5O2/c1-3-17-9-15-16-13(17)8-14-10(2)11-6-4-5-7-12(11)18(19)20/h4-7,9-10,14H,3,8H2,1-2H3. The molecule has 106 valence electrons. The quantitative estimate of drug-likeness (QED) is 0.644. The number of aromatic nitrogens is 3. The van der Waals surface area contributed by atoms with Crippen LogP contribution in [0.4, 0.5) is 5.69 Å². The van der Waals surface area contributed by atoms with Crippen LogP contribution in [-0.2, 0) is 13.1 Å². The van der Waals surface area contributed by atoms with E-state index in [9.17, 15) is 10.1 Å². The highest BCUT2D eigenvalue weighted by atomic mass is 16.6. The van der Waals surface area contributed by atoms with Crippen molar-refractivity contribution in [1.29, 1.82) is 0 Å². The van der Waals surface area contributed by atoms with E-state index in [1.807, 2.05) is 18.4 Å². The van der Waals surface area contributed by atoms with Crippen molar-refractivity contribution in [2.24, 2.45) is 0 Å². The maximum Gasteiger partial charge on any atom is 0.274 e. The second kappa shape index (κ2) is 6.25. The summed E-state index contributed by atoms with van der Waals surface area (Å²) in [6, 6.07) is 6.61. The maximum atomic E-state index is 11.0. The molecule has 1 N–H and O–H groups in total. The number of hydrogen-bond donors (Lipinski definition) is 1. The molecule has 0 spiro atoms. The van der Waals surface area contributed by atoms with Crippen LogP contribution < -0.4 is 5.32 Å². The lowest BCUT2D eigenvalue weighted by Crippen LogP contribution is -2.21. The van der Waals surface area contributed by atoms with Gasteiger partial charge in [0.25, 0.3) is 5.69 Å². The van der Waals surface area contributed by atoms with Gasteiger partial charge >= 0.3 is 0 Å². The van der Waals surface area contributed by atoms with Gasteiger partial charge in [0, 0.05) is 24.2 Å². The molecule has 1 atom stereocenters. The summed E-state index contributed by atoms with van der Waals surface area (Å²) in [5, 5.41) is 22.1. The van der Waals surface area contributed by atoms with Crippen molar-refractivity contribution in [3.63, 3.8) is 0 Å². The highest BCUT2D eigenvalue weighted by molar-refractivity contribution is 5.41. The number of aryl methyl sites for hydroxylation is 1. The van der Waals surface area contributed by atoms with Crippen LogP contribution in [0.2, 0.25) is 0 Å². The number of hydrogen-bond acceptors (Lipinski definition) is 5. The zero-order chi connectivity index (χ0) is 14.5. The van der Waals surface area contributed by atoms with E-state index >= 15 is 0 Å². The van der Waals surface area contributed by atoms with E-state index in [-0.39, 0.29) is 16.7 Å². The molecular weight excluding hydrogens is 258 g/mol. The number of nitro groups is 1. The van der Waals surface area contributed by atoms with E-state index < -0.39 is 0 Å². The van der Waals surface area contributed by atoms with Gasteiger partial charge in [-0.1, -0.05) is 18.2 Å². The van der Waals surface area contributed by atoms with Gasteiger partial charge in [-0.05, 0) is 13.8 Å². The Hall–Kier alpha value is -2.28. The smallest absolute Gasteiger partial charge is 0.274 e. The first-order valence-electron chi connectivity index (χ1n) is 6.46. The van der Waals surface area contributed by atoms with Crippen molar-refractivity contribution in [3.8, 4) is 0 Å². The average Bonchev–Trinajstić information content (AvgIpc) is 2.92. The van der Waals surface area contributed by atoms with Crippen LogP contribution in [0.1, 0.15) is 31.3 Å². The Bertz CT molecular complexity index is 596. The molecule has 0 aliphatic rings. The molecule has 0 saturated heterocycles. The molecule has 1 aromatic heterocycles. The third-order valence-electron chi connectivity index (χ3n) is 3.20. The van der Waals surface area contributed by atoms with Crippen LogP contribution in [0.25, 0.3) is 0 Å². The molecule has 0 amide bonds. The third kappa shape index (κ3) is 3.00. The molecule has 0 bridgehead atoms. The molecule has 7 nitrogen and oxygen atoms in total. The Morgan fingerprint density at radius 3 is 2.90 bits per heavy atom. The number of para-hydroxylation sites is 1. The highest BCUT2D eigenvalue weighted by Crippen LogP contribution is 2.24. The lowest BCUT2D eigenvalue weighted by molar-refractivity contribution is -0.385. The van der Waals surface area contributed by atoms with Crippen LogP contribution in [0.3, 0.4) is 0 Å². The summed E-state index contributed by atoms with van der Waals surface area (Å²) in [5.74, 6) is 0.818. The van der Waals surface area contributed by atoms with Crippen LogP contribution in [-0.4, -0.2) is 19.7 Å². The molecule has 0 radical (unpaired) electrons. The topological polar surface area (TPSA) is 85.9 Å². The Labute approximate surface area is 116 Å². The minimum Gasteiger partial charge on any atom is -0.317 e. The Kier molecular flexibility index (Phi) is 4.41. The zero-order valence-corrected chi connectivity index (χ0v) is 11.5. The highest BCUT2D eigenvalue weighted by Gasteiger charge is 2.18. The lowest BCUT2D eigenvalue weighted by atomic mass is 10.1. The zero-order valence-electron chi connectivity index (χ0n) is 11.5. The summed E-state index contributed by atoms with van der Waals surface area (Å²) in [5.41, 5.74) is 0.796. The SMILES string of the molecule is CCn1cnnc1CNC(C)c1ccccc1[N+](=O)[O-]. The fraction of sp³-hybridized carbons (Fsp3) is 0.385. The molecule has 0 aliphatic carbocycles. The van der Waals surface area contributed by atoms with Gasteiger partial charge in [-0.25, -0.2) is 0 Å². The molecule has 0 fully saturated rings. The van der Waals surface area contributed by atoms with Gasteiger partial charge in [-0.2, -0.15) is 0 Å². The Balaban J connectivity index is 2.09. The van der Waals surface area contributed by atoms with E-state index in [0.717, 1.165) is 12.4 Å². The van der Waals surface area contributed by atoms with Gasteiger partial charge in [0.15, 0.2) is 0 Å². The monoisotopic (exact) mass is 275 g/mol. The number of benzene rings is 1. The Morgan fingerprint density at radius 2 is 2.20 bits per heavy atom. The minimum absolute atomic E-state index is 0.129. The second-order valence-electron chi connectivity index (χ2n) is 4.45. The van der Waals surface area contributed by atoms with Gasteiger partial charge in [-0.15, -0.1) is 10.2 Å². The second-order valence-corrected chi connectivity index (χ2v) is 4.45. The molecule has 1 unspecified atom stereocenters. The van der Waals surface area contributed by atoms with Crippen molar-refractivity contribution in [1.82, 2.24) is 20.1 Å².